The topological polar surface area (TPSA) is 61.1 Å². The molecule has 50 heavy (non-hydrogen) atoms. The highest BCUT2D eigenvalue weighted by Crippen LogP contribution is 2.52. The second-order valence-electron chi connectivity index (χ2n) is 13.7. The molecule has 1 fully saturated rings. The SMILES string of the molecule is CC[C@H]1O[C@@H](c2cc3c4c(ncnn24)N(C(c2ccccc2)(c2ccccc2)c2ccc(OC)cc2)CC3)[C@](C)(OCc2ccccc2)[C@@H]1C. The van der Waals surface area contributed by atoms with Gasteiger partial charge in [-0.25, -0.2) is 9.50 Å². The van der Waals surface area contributed by atoms with E-state index in [0.29, 0.717) is 6.61 Å². The lowest BCUT2D eigenvalue weighted by molar-refractivity contribution is -0.107. The highest BCUT2D eigenvalue weighted by atomic mass is 16.6. The van der Waals surface area contributed by atoms with Gasteiger partial charge in [-0.05, 0) is 65.8 Å². The lowest BCUT2D eigenvalue weighted by Gasteiger charge is -2.47. The molecule has 2 aliphatic heterocycles. The van der Waals surface area contributed by atoms with Crippen LogP contribution >= 0.6 is 0 Å². The van der Waals surface area contributed by atoms with Crippen LogP contribution in [0, 0.1) is 5.92 Å². The Balaban J connectivity index is 1.30. The fourth-order valence-corrected chi connectivity index (χ4v) is 8.40. The molecule has 0 saturated carbocycles. The van der Waals surface area contributed by atoms with E-state index in [1.807, 2.05) is 6.07 Å². The molecule has 4 heterocycles. The van der Waals surface area contributed by atoms with Crippen LogP contribution in [0.1, 0.15) is 66.8 Å². The summed E-state index contributed by atoms with van der Waals surface area (Å²) in [6, 6.07) is 42.7. The Bertz CT molecular complexity index is 2030. The van der Waals surface area contributed by atoms with Crippen molar-refractivity contribution in [3.8, 4) is 5.75 Å². The molecule has 0 aliphatic carbocycles. The molecule has 1 saturated heterocycles. The summed E-state index contributed by atoms with van der Waals surface area (Å²) in [4.78, 5) is 7.57. The highest BCUT2D eigenvalue weighted by molar-refractivity contribution is 5.79. The van der Waals surface area contributed by atoms with E-state index in [1.54, 1.807) is 13.4 Å². The average molecular weight is 665 g/mol. The standard InChI is InChI=1S/C43H44N4O3/c1-5-38-30(2)42(3,49-28-31-15-9-6-10-16-31)40(50-38)37-27-32-25-26-46(41-39(32)47(37)45-29-44-41)43(33-17-11-7-12-18-33,34-19-13-8-14-20-34)35-21-23-36(48-4)24-22-35/h6-24,27,29-30,38,40H,5,25-26,28H2,1-4H3/t30-,38-,40+,42-/m1/s1. The van der Waals surface area contributed by atoms with Gasteiger partial charge in [0, 0.05) is 12.5 Å². The summed E-state index contributed by atoms with van der Waals surface area (Å²) in [6.07, 6.45) is 3.18. The molecule has 8 rings (SSSR count). The van der Waals surface area contributed by atoms with Gasteiger partial charge in [-0.2, -0.15) is 5.10 Å². The van der Waals surface area contributed by atoms with E-state index in [9.17, 15) is 0 Å². The monoisotopic (exact) mass is 664 g/mol. The third kappa shape index (κ3) is 5.10. The van der Waals surface area contributed by atoms with E-state index in [4.69, 9.17) is 24.3 Å². The Morgan fingerprint density at radius 3 is 2.10 bits per heavy atom. The molecular formula is C43H44N4O3. The molecule has 2 aliphatic rings. The van der Waals surface area contributed by atoms with Gasteiger partial charge in [0.1, 0.15) is 34.8 Å². The third-order valence-corrected chi connectivity index (χ3v) is 11.2. The van der Waals surface area contributed by atoms with Crippen LogP contribution in [-0.2, 0) is 28.0 Å². The zero-order valence-corrected chi connectivity index (χ0v) is 29.2. The first-order valence-electron chi connectivity index (χ1n) is 17.7. The fraction of sp³-hybridized carbons (Fsp3) is 0.302. The van der Waals surface area contributed by atoms with E-state index in [0.717, 1.165) is 64.4 Å². The first-order valence-corrected chi connectivity index (χ1v) is 17.7. The highest BCUT2D eigenvalue weighted by Gasteiger charge is 2.54. The minimum Gasteiger partial charge on any atom is -0.497 e. The molecule has 6 aromatic rings. The summed E-state index contributed by atoms with van der Waals surface area (Å²) in [6.45, 7) is 7.94. The molecule has 4 atom stereocenters. The second-order valence-corrected chi connectivity index (χ2v) is 13.7. The van der Waals surface area contributed by atoms with Crippen LogP contribution in [0.3, 0.4) is 0 Å². The van der Waals surface area contributed by atoms with Crippen LogP contribution in [0.2, 0.25) is 0 Å². The number of hydrogen-bond donors (Lipinski definition) is 0. The van der Waals surface area contributed by atoms with Crippen molar-refractivity contribution in [1.29, 1.82) is 0 Å². The fourth-order valence-electron chi connectivity index (χ4n) is 8.40. The predicted molar refractivity (Wildman–Crippen MR) is 197 cm³/mol. The van der Waals surface area contributed by atoms with Crippen LogP contribution in [-0.4, -0.2) is 40.0 Å². The maximum atomic E-state index is 6.93. The molecule has 7 nitrogen and oxygen atoms in total. The van der Waals surface area contributed by atoms with Crippen LogP contribution in [0.4, 0.5) is 5.82 Å². The van der Waals surface area contributed by atoms with Crippen LogP contribution in [0.15, 0.2) is 128 Å². The van der Waals surface area contributed by atoms with E-state index < -0.39 is 11.1 Å². The Morgan fingerprint density at radius 1 is 0.860 bits per heavy atom. The number of nitrogens with zero attached hydrogens (tertiary/aromatic N) is 4. The van der Waals surface area contributed by atoms with Gasteiger partial charge in [0.15, 0.2) is 5.82 Å². The Kier molecular flexibility index (Phi) is 8.41. The smallest absolute Gasteiger partial charge is 0.158 e. The van der Waals surface area contributed by atoms with Gasteiger partial charge in [0.25, 0.3) is 0 Å². The van der Waals surface area contributed by atoms with Crippen molar-refractivity contribution in [2.24, 2.45) is 5.92 Å². The number of methoxy groups -OCH3 is 1. The Hall–Kier alpha value is -4.98. The molecule has 0 spiro atoms. The van der Waals surface area contributed by atoms with Crippen molar-refractivity contribution in [1.82, 2.24) is 14.6 Å². The first-order chi connectivity index (χ1) is 24.5. The summed E-state index contributed by atoms with van der Waals surface area (Å²) >= 11 is 0. The molecule has 254 valence electrons. The predicted octanol–water partition coefficient (Wildman–Crippen LogP) is 8.55. The molecule has 0 N–H and O–H groups in total. The largest absolute Gasteiger partial charge is 0.497 e. The molecule has 2 aromatic heterocycles. The Labute approximate surface area is 294 Å². The third-order valence-electron chi connectivity index (χ3n) is 11.2. The summed E-state index contributed by atoms with van der Waals surface area (Å²) in [5.74, 6) is 1.89. The van der Waals surface area contributed by atoms with Gasteiger partial charge < -0.3 is 19.1 Å². The lowest BCUT2D eigenvalue weighted by atomic mass is 9.75. The first kappa shape index (κ1) is 32.2. The van der Waals surface area contributed by atoms with Crippen molar-refractivity contribution in [3.63, 3.8) is 0 Å². The second kappa shape index (κ2) is 13.0. The van der Waals surface area contributed by atoms with Crippen LogP contribution in [0.25, 0.3) is 5.52 Å². The van der Waals surface area contributed by atoms with Gasteiger partial charge in [0.2, 0.25) is 0 Å². The zero-order chi connectivity index (χ0) is 34.3. The van der Waals surface area contributed by atoms with Crippen molar-refractivity contribution in [2.75, 3.05) is 18.6 Å². The molecule has 7 heteroatoms. The van der Waals surface area contributed by atoms with Crippen molar-refractivity contribution < 1.29 is 14.2 Å². The number of hydrogen-bond acceptors (Lipinski definition) is 6. The molecule has 0 bridgehead atoms. The number of anilines is 1. The van der Waals surface area contributed by atoms with Crippen molar-refractivity contribution >= 4 is 11.3 Å². The molecular weight excluding hydrogens is 620 g/mol. The summed E-state index contributed by atoms with van der Waals surface area (Å²) in [5.41, 5.74) is 6.57. The molecule has 0 amide bonds. The molecule has 0 radical (unpaired) electrons. The van der Waals surface area contributed by atoms with Crippen LogP contribution in [0.5, 0.6) is 5.75 Å². The maximum absolute atomic E-state index is 6.93. The van der Waals surface area contributed by atoms with E-state index in [2.05, 4.69) is 145 Å². The normalized spacial score (nSPS) is 21.8. The number of rotatable bonds is 10. The lowest BCUT2D eigenvalue weighted by Crippen LogP contribution is -2.51. The average Bonchev–Trinajstić information content (AvgIpc) is 3.67. The summed E-state index contributed by atoms with van der Waals surface area (Å²) in [7, 11) is 1.71. The van der Waals surface area contributed by atoms with Crippen LogP contribution < -0.4 is 9.64 Å². The number of ether oxygens (including phenoxy) is 3. The number of benzene rings is 4. The Morgan fingerprint density at radius 2 is 1.48 bits per heavy atom. The van der Waals surface area contributed by atoms with Crippen molar-refractivity contribution in [2.45, 2.75) is 63.6 Å². The zero-order valence-electron chi connectivity index (χ0n) is 29.2. The quantitative estimate of drug-likeness (QED) is 0.137. The summed E-state index contributed by atoms with van der Waals surface area (Å²) in [5, 5.41) is 4.93. The van der Waals surface area contributed by atoms with E-state index >= 15 is 0 Å². The molecule has 4 aromatic carbocycles. The molecule has 0 unspecified atom stereocenters. The maximum Gasteiger partial charge on any atom is 0.158 e. The van der Waals surface area contributed by atoms with Gasteiger partial charge in [-0.1, -0.05) is 117 Å². The number of aromatic nitrogens is 3. The minimum atomic E-state index is -0.690. The minimum absolute atomic E-state index is 0.0663. The van der Waals surface area contributed by atoms with Gasteiger partial charge >= 0.3 is 0 Å². The van der Waals surface area contributed by atoms with Gasteiger partial charge in [-0.15, -0.1) is 0 Å². The van der Waals surface area contributed by atoms with E-state index in [-0.39, 0.29) is 18.1 Å². The van der Waals surface area contributed by atoms with E-state index in [1.165, 1.54) is 5.56 Å². The van der Waals surface area contributed by atoms with Gasteiger partial charge in [0.05, 0.1) is 25.5 Å². The summed E-state index contributed by atoms with van der Waals surface area (Å²) < 4.78 is 21.5. The van der Waals surface area contributed by atoms with Crippen molar-refractivity contribution in [3.05, 3.63) is 161 Å². The van der Waals surface area contributed by atoms with Gasteiger partial charge in [-0.3, -0.25) is 0 Å².